The Balaban J connectivity index is 2.60. The fourth-order valence-corrected chi connectivity index (χ4v) is 2.22. The van der Waals surface area contributed by atoms with Crippen LogP contribution < -0.4 is 0 Å². The Morgan fingerprint density at radius 3 is 2.48 bits per heavy atom. The van der Waals surface area contributed by atoms with Gasteiger partial charge in [-0.15, -0.1) is 0 Å². The Labute approximate surface area is 133 Å². The number of carbonyl (C=O) groups excluding carboxylic acids is 2. The molecule has 0 saturated carbocycles. The Morgan fingerprint density at radius 1 is 1.22 bits per heavy atom. The van der Waals surface area contributed by atoms with E-state index in [9.17, 15) is 14.7 Å². The van der Waals surface area contributed by atoms with Gasteiger partial charge in [-0.1, -0.05) is 12.1 Å². The van der Waals surface area contributed by atoms with Crippen molar-refractivity contribution >= 4 is 11.9 Å². The van der Waals surface area contributed by atoms with Gasteiger partial charge in [0.25, 0.3) is 0 Å². The van der Waals surface area contributed by atoms with Crippen LogP contribution in [0.5, 0.6) is 0 Å². The van der Waals surface area contributed by atoms with Crippen molar-refractivity contribution < 1.29 is 24.2 Å². The molecule has 1 heterocycles. The molecule has 0 bridgehead atoms. The summed E-state index contributed by atoms with van der Waals surface area (Å²) in [6, 6.07) is 8.27. The molecule has 122 valence electrons. The molecule has 2 rings (SSSR count). The summed E-state index contributed by atoms with van der Waals surface area (Å²) in [7, 11) is 2.55. The van der Waals surface area contributed by atoms with Crippen molar-refractivity contribution in [1.29, 1.82) is 0 Å². The first-order chi connectivity index (χ1) is 11.0. The minimum atomic E-state index is -0.638. The van der Waals surface area contributed by atoms with E-state index >= 15 is 0 Å². The third-order valence-electron chi connectivity index (χ3n) is 3.22. The number of hydrogen-bond donors (Lipinski definition) is 1. The van der Waals surface area contributed by atoms with Gasteiger partial charge in [0.05, 0.1) is 31.6 Å². The molecule has 0 aliphatic heterocycles. The average molecular weight is 318 g/mol. The number of hydrogen-bond acceptors (Lipinski definition) is 6. The number of rotatable bonds is 5. The van der Waals surface area contributed by atoms with Crippen LogP contribution in [0.2, 0.25) is 0 Å². The van der Waals surface area contributed by atoms with Gasteiger partial charge >= 0.3 is 11.9 Å². The van der Waals surface area contributed by atoms with Crippen LogP contribution in [0.3, 0.4) is 0 Å². The van der Waals surface area contributed by atoms with Gasteiger partial charge in [0.1, 0.15) is 0 Å². The number of carbonyl (C=O) groups is 2. The molecule has 0 aliphatic carbocycles. The molecule has 0 amide bonds. The Hall–Kier alpha value is -2.67. The van der Waals surface area contributed by atoms with Crippen LogP contribution in [-0.2, 0) is 15.9 Å². The van der Waals surface area contributed by atoms with Crippen molar-refractivity contribution in [2.24, 2.45) is 0 Å². The van der Waals surface area contributed by atoms with Gasteiger partial charge in [0.15, 0.2) is 5.69 Å². The summed E-state index contributed by atoms with van der Waals surface area (Å²) in [6.45, 7) is 1.63. The highest BCUT2D eigenvalue weighted by Gasteiger charge is 2.20. The lowest BCUT2D eigenvalue weighted by Crippen LogP contribution is -2.14. The number of ether oxygens (including phenoxy) is 2. The van der Waals surface area contributed by atoms with E-state index in [-0.39, 0.29) is 12.1 Å². The maximum absolute atomic E-state index is 11.9. The summed E-state index contributed by atoms with van der Waals surface area (Å²) in [4.78, 5) is 23.7. The predicted molar refractivity (Wildman–Crippen MR) is 81.6 cm³/mol. The first-order valence-electron chi connectivity index (χ1n) is 7.01. The monoisotopic (exact) mass is 318 g/mol. The molecular formula is C16H18N2O5. The van der Waals surface area contributed by atoms with Crippen LogP contribution in [0, 0.1) is 0 Å². The molecule has 0 spiro atoms. The second kappa shape index (κ2) is 7.06. The van der Waals surface area contributed by atoms with E-state index in [0.29, 0.717) is 16.9 Å². The number of methoxy groups -OCH3 is 2. The summed E-state index contributed by atoms with van der Waals surface area (Å²) >= 11 is 0. The summed E-state index contributed by atoms with van der Waals surface area (Å²) < 4.78 is 10.9. The Bertz CT molecular complexity index is 721. The SMILES string of the molecule is COC(=O)c1cc(CC(C)O)n(-c2ccccc2C(=O)OC)n1. The molecule has 0 aliphatic rings. The average Bonchev–Trinajstić information content (AvgIpc) is 2.96. The van der Waals surface area contributed by atoms with Gasteiger partial charge in [-0.2, -0.15) is 5.10 Å². The number of benzene rings is 1. The normalized spacial score (nSPS) is 11.8. The number of aliphatic hydroxyl groups excluding tert-OH is 1. The quantitative estimate of drug-likeness (QED) is 0.837. The topological polar surface area (TPSA) is 90.7 Å². The van der Waals surface area contributed by atoms with Crippen molar-refractivity contribution in [2.75, 3.05) is 14.2 Å². The largest absolute Gasteiger partial charge is 0.465 e. The fourth-order valence-electron chi connectivity index (χ4n) is 2.22. The maximum Gasteiger partial charge on any atom is 0.358 e. The number of para-hydroxylation sites is 1. The van der Waals surface area contributed by atoms with E-state index < -0.39 is 18.0 Å². The lowest BCUT2D eigenvalue weighted by molar-refractivity contribution is 0.0589. The first-order valence-corrected chi connectivity index (χ1v) is 7.01. The molecule has 0 fully saturated rings. The molecule has 23 heavy (non-hydrogen) atoms. The van der Waals surface area contributed by atoms with Gasteiger partial charge < -0.3 is 14.6 Å². The van der Waals surface area contributed by atoms with Gasteiger partial charge in [-0.25, -0.2) is 14.3 Å². The second-order valence-electron chi connectivity index (χ2n) is 4.99. The highest BCUT2D eigenvalue weighted by Crippen LogP contribution is 2.20. The minimum Gasteiger partial charge on any atom is -0.465 e. The lowest BCUT2D eigenvalue weighted by atomic mass is 10.1. The Morgan fingerprint density at radius 2 is 1.87 bits per heavy atom. The standard InChI is InChI=1S/C16H18N2O5/c1-10(19)8-11-9-13(16(21)23-3)17-18(11)14-7-5-4-6-12(14)15(20)22-2/h4-7,9-10,19H,8H2,1-3H3. The van der Waals surface area contributed by atoms with E-state index in [1.807, 2.05) is 0 Å². The highest BCUT2D eigenvalue weighted by atomic mass is 16.5. The molecule has 1 atom stereocenters. The zero-order chi connectivity index (χ0) is 17.0. The minimum absolute atomic E-state index is 0.0998. The molecule has 7 heteroatoms. The highest BCUT2D eigenvalue weighted by molar-refractivity contribution is 5.93. The third kappa shape index (κ3) is 3.57. The van der Waals surface area contributed by atoms with Crippen LogP contribution in [-0.4, -0.2) is 47.1 Å². The van der Waals surface area contributed by atoms with Crippen LogP contribution in [0.4, 0.5) is 0 Å². The van der Waals surface area contributed by atoms with Gasteiger partial charge in [0, 0.05) is 12.1 Å². The van der Waals surface area contributed by atoms with Crippen LogP contribution in [0.15, 0.2) is 30.3 Å². The van der Waals surface area contributed by atoms with E-state index in [0.717, 1.165) is 0 Å². The smallest absolute Gasteiger partial charge is 0.358 e. The van der Waals surface area contributed by atoms with E-state index in [2.05, 4.69) is 9.84 Å². The zero-order valence-corrected chi connectivity index (χ0v) is 13.1. The molecule has 1 unspecified atom stereocenters. The van der Waals surface area contributed by atoms with Crippen LogP contribution in [0.25, 0.3) is 5.69 Å². The summed E-state index contributed by atoms with van der Waals surface area (Å²) in [5.41, 5.74) is 1.45. The fraction of sp³-hybridized carbons (Fsp3) is 0.312. The third-order valence-corrected chi connectivity index (χ3v) is 3.22. The van der Waals surface area contributed by atoms with Gasteiger partial charge in [0.2, 0.25) is 0 Å². The maximum atomic E-state index is 11.9. The van der Waals surface area contributed by atoms with Gasteiger partial charge in [-0.3, -0.25) is 0 Å². The second-order valence-corrected chi connectivity index (χ2v) is 4.99. The van der Waals surface area contributed by atoms with Gasteiger partial charge in [-0.05, 0) is 25.1 Å². The molecule has 7 nitrogen and oxygen atoms in total. The van der Waals surface area contributed by atoms with Crippen LogP contribution in [0.1, 0.15) is 33.5 Å². The Kier molecular flexibility index (Phi) is 5.13. The predicted octanol–water partition coefficient (Wildman–Crippen LogP) is 1.37. The van der Waals surface area contributed by atoms with Crippen molar-refractivity contribution in [3.63, 3.8) is 0 Å². The number of aromatic nitrogens is 2. The van der Waals surface area contributed by atoms with E-state index in [1.165, 1.54) is 25.0 Å². The molecule has 2 aromatic rings. The number of nitrogens with zero attached hydrogens (tertiary/aromatic N) is 2. The number of esters is 2. The molecule has 0 saturated heterocycles. The van der Waals surface area contributed by atoms with Crippen molar-refractivity contribution in [1.82, 2.24) is 9.78 Å². The molecule has 0 radical (unpaired) electrons. The van der Waals surface area contributed by atoms with Crippen molar-refractivity contribution in [3.05, 3.63) is 47.3 Å². The molecule has 1 N–H and O–H groups in total. The van der Waals surface area contributed by atoms with Crippen LogP contribution >= 0.6 is 0 Å². The number of aliphatic hydroxyl groups is 1. The summed E-state index contributed by atoms with van der Waals surface area (Å²) in [5.74, 6) is -1.11. The lowest BCUT2D eigenvalue weighted by Gasteiger charge is -2.12. The molecule has 1 aromatic heterocycles. The zero-order valence-electron chi connectivity index (χ0n) is 13.1. The molecular weight excluding hydrogens is 300 g/mol. The summed E-state index contributed by atoms with van der Waals surface area (Å²) in [5, 5.41) is 13.9. The van der Waals surface area contributed by atoms with Crippen molar-refractivity contribution in [2.45, 2.75) is 19.4 Å². The first kappa shape index (κ1) is 16.7. The van der Waals surface area contributed by atoms with Crippen molar-refractivity contribution in [3.8, 4) is 5.69 Å². The van der Waals surface area contributed by atoms with E-state index in [1.54, 1.807) is 31.2 Å². The molecule has 1 aromatic carbocycles. The summed E-state index contributed by atoms with van der Waals surface area (Å²) in [6.07, 6.45) is -0.374. The van der Waals surface area contributed by atoms with E-state index in [4.69, 9.17) is 4.74 Å².